The van der Waals surface area contributed by atoms with Gasteiger partial charge in [-0.15, -0.1) is 0 Å². The van der Waals surface area contributed by atoms with Gasteiger partial charge in [0.15, 0.2) is 11.6 Å². The number of aromatic nitrogens is 1. The Balaban J connectivity index is 2.11. The van der Waals surface area contributed by atoms with E-state index >= 15 is 0 Å². The third-order valence-electron chi connectivity index (χ3n) is 2.64. The summed E-state index contributed by atoms with van der Waals surface area (Å²) in [5.74, 6) is -0.674. The summed E-state index contributed by atoms with van der Waals surface area (Å²) < 4.78 is 27.4. The molecule has 1 N–H and O–H groups in total. The second-order valence-electron chi connectivity index (χ2n) is 3.80. The molecule has 1 fully saturated rings. The van der Waals surface area contributed by atoms with E-state index in [2.05, 4.69) is 4.98 Å². The van der Waals surface area contributed by atoms with Gasteiger partial charge in [0.05, 0.1) is 11.5 Å². The smallest absolute Gasteiger partial charge is 0.357 e. The Bertz CT molecular complexity index is 490. The lowest BCUT2D eigenvalue weighted by atomic mass is 10.0. The van der Waals surface area contributed by atoms with Gasteiger partial charge in [-0.3, -0.25) is 0 Å². The average Bonchev–Trinajstić information content (AvgIpc) is 2.66. The van der Waals surface area contributed by atoms with Crippen LogP contribution >= 0.6 is 0 Å². The maximum absolute atomic E-state index is 11.2. The van der Waals surface area contributed by atoms with Gasteiger partial charge in [-0.25, -0.2) is 18.2 Å². The highest BCUT2D eigenvalue weighted by Crippen LogP contribution is 2.28. The van der Waals surface area contributed by atoms with Crippen molar-refractivity contribution >= 4 is 15.8 Å². The zero-order chi connectivity index (χ0) is 11.8. The van der Waals surface area contributed by atoms with Crippen LogP contribution in [-0.2, 0) is 9.84 Å². The van der Waals surface area contributed by atoms with Crippen molar-refractivity contribution in [3.8, 4) is 0 Å². The van der Waals surface area contributed by atoms with Gasteiger partial charge in [-0.1, -0.05) is 0 Å². The predicted octanol–water partition coefficient (Wildman–Crippen LogP) is 0.665. The first-order chi connectivity index (χ1) is 7.48. The van der Waals surface area contributed by atoms with Gasteiger partial charge >= 0.3 is 5.97 Å². The second-order valence-corrected chi connectivity index (χ2v) is 6.11. The van der Waals surface area contributed by atoms with Crippen LogP contribution in [0.15, 0.2) is 10.7 Å². The molecule has 0 amide bonds. The highest BCUT2D eigenvalue weighted by Gasteiger charge is 2.28. The number of sulfone groups is 1. The Morgan fingerprint density at radius 2 is 2.06 bits per heavy atom. The molecule has 1 aliphatic rings. The number of rotatable bonds is 2. The van der Waals surface area contributed by atoms with Crippen LogP contribution in [0.2, 0.25) is 0 Å². The van der Waals surface area contributed by atoms with Crippen LogP contribution in [0.3, 0.4) is 0 Å². The van der Waals surface area contributed by atoms with Crippen molar-refractivity contribution in [1.82, 2.24) is 4.98 Å². The molecule has 0 unspecified atom stereocenters. The number of oxazole rings is 1. The van der Waals surface area contributed by atoms with Crippen LogP contribution < -0.4 is 0 Å². The maximum Gasteiger partial charge on any atom is 0.357 e. The SMILES string of the molecule is O=C(O)c1coc(C2CCS(=O)(=O)CC2)n1. The molecule has 7 heteroatoms. The van der Waals surface area contributed by atoms with Crippen LogP contribution in [0.25, 0.3) is 0 Å². The summed E-state index contributed by atoms with van der Waals surface area (Å²) in [7, 11) is -2.92. The Kier molecular flexibility index (Phi) is 2.71. The molecule has 2 rings (SSSR count). The topological polar surface area (TPSA) is 97.5 Å². The number of nitrogens with zero attached hydrogens (tertiary/aromatic N) is 1. The lowest BCUT2D eigenvalue weighted by Gasteiger charge is -2.18. The lowest BCUT2D eigenvalue weighted by molar-refractivity contribution is 0.0690. The van der Waals surface area contributed by atoms with Crippen molar-refractivity contribution in [3.63, 3.8) is 0 Å². The summed E-state index contributed by atoms with van der Waals surface area (Å²) in [5.41, 5.74) is -0.136. The number of aromatic carboxylic acids is 1. The molecule has 2 heterocycles. The van der Waals surface area contributed by atoms with Gasteiger partial charge in [-0.2, -0.15) is 0 Å². The van der Waals surface area contributed by atoms with Crippen molar-refractivity contribution in [2.24, 2.45) is 0 Å². The predicted molar refractivity (Wildman–Crippen MR) is 54.1 cm³/mol. The van der Waals surface area contributed by atoms with Gasteiger partial charge in [0, 0.05) is 5.92 Å². The molecule has 16 heavy (non-hydrogen) atoms. The first-order valence-electron chi connectivity index (χ1n) is 4.87. The molecule has 6 nitrogen and oxygen atoms in total. The monoisotopic (exact) mass is 245 g/mol. The van der Waals surface area contributed by atoms with E-state index in [-0.39, 0.29) is 23.1 Å². The fraction of sp³-hybridized carbons (Fsp3) is 0.556. The molecule has 1 saturated heterocycles. The lowest BCUT2D eigenvalue weighted by Crippen LogP contribution is -2.22. The summed E-state index contributed by atoms with van der Waals surface area (Å²) in [6.45, 7) is 0. The van der Waals surface area contributed by atoms with Crippen LogP contribution in [0, 0.1) is 0 Å². The molecule has 0 spiro atoms. The average molecular weight is 245 g/mol. The highest BCUT2D eigenvalue weighted by molar-refractivity contribution is 7.91. The molecule has 0 aromatic carbocycles. The molecular formula is C9H11NO5S. The van der Waals surface area contributed by atoms with E-state index in [1.807, 2.05) is 0 Å². The van der Waals surface area contributed by atoms with E-state index in [1.165, 1.54) is 0 Å². The van der Waals surface area contributed by atoms with Crippen molar-refractivity contribution < 1.29 is 22.7 Å². The molecular weight excluding hydrogens is 234 g/mol. The summed E-state index contributed by atoms with van der Waals surface area (Å²) >= 11 is 0. The first-order valence-corrected chi connectivity index (χ1v) is 6.69. The Morgan fingerprint density at radius 3 is 2.56 bits per heavy atom. The number of hydrogen-bond acceptors (Lipinski definition) is 5. The minimum absolute atomic E-state index is 0.0865. The molecule has 1 aromatic heterocycles. The van der Waals surface area contributed by atoms with Crippen LogP contribution in [0.4, 0.5) is 0 Å². The number of hydrogen-bond donors (Lipinski definition) is 1. The molecule has 88 valence electrons. The molecule has 0 radical (unpaired) electrons. The minimum atomic E-state index is -2.92. The van der Waals surface area contributed by atoms with E-state index in [4.69, 9.17) is 9.52 Å². The molecule has 0 bridgehead atoms. The molecule has 0 aliphatic carbocycles. The van der Waals surface area contributed by atoms with Crippen LogP contribution in [-0.4, -0.2) is 36.0 Å². The second kappa shape index (κ2) is 3.89. The summed E-state index contributed by atoms with van der Waals surface area (Å²) in [5, 5.41) is 8.66. The van der Waals surface area contributed by atoms with Crippen molar-refractivity contribution in [1.29, 1.82) is 0 Å². The van der Waals surface area contributed by atoms with E-state index in [0.29, 0.717) is 18.7 Å². The van der Waals surface area contributed by atoms with Crippen molar-refractivity contribution in [2.45, 2.75) is 18.8 Å². The van der Waals surface area contributed by atoms with Crippen molar-refractivity contribution in [2.75, 3.05) is 11.5 Å². The van der Waals surface area contributed by atoms with E-state index in [1.54, 1.807) is 0 Å². The highest BCUT2D eigenvalue weighted by atomic mass is 32.2. The quantitative estimate of drug-likeness (QED) is 0.822. The standard InChI is InChI=1S/C9H11NO5S/c11-9(12)7-5-15-8(10-7)6-1-3-16(13,14)4-2-6/h5-6H,1-4H2,(H,11,12). The van der Waals surface area contributed by atoms with E-state index in [9.17, 15) is 13.2 Å². The first kappa shape index (κ1) is 11.1. The van der Waals surface area contributed by atoms with Gasteiger partial charge in [0.1, 0.15) is 16.1 Å². The summed E-state index contributed by atoms with van der Waals surface area (Å²) in [6.07, 6.45) is 1.98. The molecule has 1 aliphatic heterocycles. The minimum Gasteiger partial charge on any atom is -0.476 e. The van der Waals surface area contributed by atoms with Crippen LogP contribution in [0.1, 0.15) is 35.1 Å². The van der Waals surface area contributed by atoms with Gasteiger partial charge in [0.25, 0.3) is 0 Å². The zero-order valence-electron chi connectivity index (χ0n) is 8.42. The summed E-state index contributed by atoms with van der Waals surface area (Å²) in [6, 6.07) is 0. The molecule has 0 saturated carbocycles. The largest absolute Gasteiger partial charge is 0.476 e. The van der Waals surface area contributed by atoms with E-state index < -0.39 is 15.8 Å². The van der Waals surface area contributed by atoms with Crippen molar-refractivity contribution in [3.05, 3.63) is 17.8 Å². The van der Waals surface area contributed by atoms with Gasteiger partial charge in [0.2, 0.25) is 0 Å². The normalized spacial score (nSPS) is 20.8. The number of carbonyl (C=O) groups is 1. The molecule has 0 atom stereocenters. The number of carboxylic acids is 1. The van der Waals surface area contributed by atoms with E-state index in [0.717, 1.165) is 6.26 Å². The Labute approximate surface area is 92.2 Å². The van der Waals surface area contributed by atoms with Gasteiger partial charge < -0.3 is 9.52 Å². The summed E-state index contributed by atoms with van der Waals surface area (Å²) in [4.78, 5) is 14.4. The van der Waals surface area contributed by atoms with Crippen LogP contribution in [0.5, 0.6) is 0 Å². The Hall–Kier alpha value is -1.37. The third kappa shape index (κ3) is 2.24. The zero-order valence-corrected chi connectivity index (χ0v) is 9.24. The van der Waals surface area contributed by atoms with Gasteiger partial charge in [-0.05, 0) is 12.8 Å². The fourth-order valence-electron chi connectivity index (χ4n) is 1.71. The maximum atomic E-state index is 11.2. The third-order valence-corrected chi connectivity index (χ3v) is 4.36. The fourth-order valence-corrected chi connectivity index (χ4v) is 3.20. The number of carboxylic acid groups (broad SMARTS) is 1. The Morgan fingerprint density at radius 1 is 1.44 bits per heavy atom. The molecule has 1 aromatic rings.